The number of nitrogen functional groups attached to an aromatic ring is 1. The van der Waals surface area contributed by atoms with Crippen LogP contribution < -0.4 is 16.4 Å². The molecule has 0 bridgehead atoms. The predicted molar refractivity (Wildman–Crippen MR) is 228 cm³/mol. The summed E-state index contributed by atoms with van der Waals surface area (Å²) < 4.78 is 62.3. The van der Waals surface area contributed by atoms with Crippen LogP contribution in [0.3, 0.4) is 0 Å². The van der Waals surface area contributed by atoms with E-state index in [1.54, 1.807) is 0 Å². The molecule has 0 spiro atoms. The Morgan fingerprint density at radius 3 is 2.25 bits per heavy atom. The van der Waals surface area contributed by atoms with Crippen molar-refractivity contribution in [3.05, 3.63) is 24.8 Å². The van der Waals surface area contributed by atoms with Crippen molar-refractivity contribution in [2.75, 3.05) is 37.8 Å². The molecule has 2 aromatic heterocycles. The lowest BCUT2D eigenvalue weighted by molar-refractivity contribution is -0.137. The van der Waals surface area contributed by atoms with Crippen LogP contribution in [0.25, 0.3) is 11.2 Å². The molecule has 2 amide bonds. The van der Waals surface area contributed by atoms with Gasteiger partial charge in [0.25, 0.3) is 0 Å². The third-order valence-electron chi connectivity index (χ3n) is 9.44. The van der Waals surface area contributed by atoms with Gasteiger partial charge in [0.15, 0.2) is 17.7 Å². The fraction of sp³-hybridized carbons (Fsp3) is 0.686. The second-order valence-electron chi connectivity index (χ2n) is 15.2. The summed E-state index contributed by atoms with van der Waals surface area (Å²) >= 11 is 1.04. The molecular formula is C35H58N7O18P3S. The summed E-state index contributed by atoms with van der Waals surface area (Å²) in [6.45, 7) is 0.462. The standard InChI is InChI=1S/C35H58N7O18P3S/c1-35(2,30(47)33(48)38-16-15-25(44)37-17-19-64-26(45)14-12-10-8-6-4-3-5-7-9-11-13-18-43)21-57-63(54,55)60-62(52,53)56-20-24-29(59-61(49,50)51)28(46)34(58-24)42-23-41-27-31(36)39-22-40-32(27)42/h12,14,18,22-24,28-30,34,46-47H,3-11,13,15-17,19-21H2,1-2H3,(H,37,44)(H,38,48)(H,52,53)(H,54,55)(H2,36,39,40)(H2,49,50,51)/t24-,28-,29-,30+,34-/m1/s1. The zero-order valence-corrected chi connectivity index (χ0v) is 38.8. The summed E-state index contributed by atoms with van der Waals surface area (Å²) in [4.78, 5) is 98.3. The summed E-state index contributed by atoms with van der Waals surface area (Å²) in [5.74, 6) is -1.14. The minimum Gasteiger partial charge on any atom is -0.386 e. The Balaban J connectivity index is 1.35. The number of amides is 2. The molecule has 29 heteroatoms. The number of aromatic nitrogens is 4. The number of carbonyl (C=O) groups is 4. The molecule has 64 heavy (non-hydrogen) atoms. The van der Waals surface area contributed by atoms with Gasteiger partial charge < -0.3 is 55.7 Å². The van der Waals surface area contributed by atoms with Crippen LogP contribution in [0.4, 0.5) is 5.82 Å². The molecule has 1 fully saturated rings. The number of ether oxygens (including phenoxy) is 1. The minimum absolute atomic E-state index is 0.0283. The smallest absolute Gasteiger partial charge is 0.386 e. The van der Waals surface area contributed by atoms with Crippen LogP contribution in [0.2, 0.25) is 0 Å². The van der Waals surface area contributed by atoms with E-state index in [2.05, 4.69) is 34.4 Å². The summed E-state index contributed by atoms with van der Waals surface area (Å²) in [5.41, 5.74) is 4.26. The fourth-order valence-corrected chi connectivity index (χ4v) is 9.49. The number of nitrogens with one attached hydrogen (secondary N) is 2. The molecule has 7 atom stereocenters. The van der Waals surface area contributed by atoms with Gasteiger partial charge in [-0.1, -0.05) is 70.2 Å². The Kier molecular flexibility index (Phi) is 22.8. The first-order valence-corrected chi connectivity index (χ1v) is 25.7. The molecule has 0 radical (unpaired) electrons. The second kappa shape index (κ2) is 26.3. The lowest BCUT2D eigenvalue weighted by atomic mass is 9.87. The number of imidazole rings is 1. The Morgan fingerprint density at radius 2 is 1.59 bits per heavy atom. The van der Waals surface area contributed by atoms with Crippen molar-refractivity contribution >= 4 is 75.4 Å². The summed E-state index contributed by atoms with van der Waals surface area (Å²) in [6, 6.07) is 0. The summed E-state index contributed by atoms with van der Waals surface area (Å²) in [7, 11) is -16.4. The number of thioether (sulfide) groups is 1. The Labute approximate surface area is 373 Å². The maximum Gasteiger partial charge on any atom is 0.481 e. The third kappa shape index (κ3) is 19.4. The van der Waals surface area contributed by atoms with E-state index in [1.165, 1.54) is 19.9 Å². The maximum absolute atomic E-state index is 12.7. The van der Waals surface area contributed by atoms with Crippen molar-refractivity contribution in [2.45, 2.75) is 115 Å². The Bertz CT molecular complexity index is 2020. The average Bonchev–Trinajstić information content (AvgIpc) is 3.78. The van der Waals surface area contributed by atoms with Gasteiger partial charge in [0.1, 0.15) is 42.5 Å². The lowest BCUT2D eigenvalue weighted by Gasteiger charge is -2.30. The van der Waals surface area contributed by atoms with Gasteiger partial charge in [-0.3, -0.25) is 32.5 Å². The SMILES string of the molecule is CC(C)(COP(=O)(O)OP(=O)(O)OC[C@H]1O[C@@H](n2cnc3c(N)ncnc32)[C@H](O)[C@@H]1OP(=O)(O)O)[C@@H](O)C(=O)NCCC(=O)NCCSC(=O)C=CCCCCCCCCCCC=O. The highest BCUT2D eigenvalue weighted by Crippen LogP contribution is 2.61. The number of aliphatic hydroxyl groups excluding tert-OH is 2. The normalized spacial score (nSPS) is 20.5. The van der Waals surface area contributed by atoms with Crippen LogP contribution in [-0.2, 0) is 55.5 Å². The van der Waals surface area contributed by atoms with Crippen molar-refractivity contribution in [2.24, 2.45) is 5.41 Å². The van der Waals surface area contributed by atoms with Crippen LogP contribution in [0.5, 0.6) is 0 Å². The molecule has 1 aliphatic rings. The second-order valence-corrected chi connectivity index (χ2v) is 20.5. The molecule has 3 rings (SSSR count). The van der Waals surface area contributed by atoms with Gasteiger partial charge in [0.2, 0.25) is 16.9 Å². The van der Waals surface area contributed by atoms with E-state index >= 15 is 0 Å². The van der Waals surface area contributed by atoms with E-state index in [0.717, 1.165) is 93.1 Å². The number of allylic oxidation sites excluding steroid dienone is 1. The first kappa shape index (κ1) is 55.3. The van der Waals surface area contributed by atoms with E-state index in [1.807, 2.05) is 6.08 Å². The lowest BCUT2D eigenvalue weighted by Crippen LogP contribution is -2.46. The van der Waals surface area contributed by atoms with Gasteiger partial charge in [0, 0.05) is 37.1 Å². The molecule has 0 saturated carbocycles. The van der Waals surface area contributed by atoms with Gasteiger partial charge in [-0.2, -0.15) is 4.31 Å². The van der Waals surface area contributed by atoms with Gasteiger partial charge in [-0.05, 0) is 25.3 Å². The maximum atomic E-state index is 12.7. The first-order valence-electron chi connectivity index (χ1n) is 20.2. The monoisotopic (exact) mass is 989 g/mol. The van der Waals surface area contributed by atoms with Crippen molar-refractivity contribution in [1.82, 2.24) is 30.2 Å². The predicted octanol–water partition coefficient (Wildman–Crippen LogP) is 2.32. The highest BCUT2D eigenvalue weighted by atomic mass is 32.2. The number of nitrogens with zero attached hydrogens (tertiary/aromatic N) is 4. The third-order valence-corrected chi connectivity index (χ3v) is 13.4. The van der Waals surface area contributed by atoms with Crippen LogP contribution in [0.15, 0.2) is 24.8 Å². The first-order chi connectivity index (χ1) is 30.1. The molecule has 0 aliphatic carbocycles. The number of rotatable bonds is 31. The van der Waals surface area contributed by atoms with Gasteiger partial charge >= 0.3 is 23.5 Å². The zero-order valence-electron chi connectivity index (χ0n) is 35.3. The Morgan fingerprint density at radius 1 is 0.953 bits per heavy atom. The molecular weight excluding hydrogens is 931 g/mol. The van der Waals surface area contributed by atoms with E-state index in [4.69, 9.17) is 19.5 Å². The number of phosphoric ester groups is 3. The van der Waals surface area contributed by atoms with Crippen molar-refractivity contribution in [1.29, 1.82) is 0 Å². The van der Waals surface area contributed by atoms with Crippen molar-refractivity contribution in [3.8, 4) is 0 Å². The number of aldehydes is 1. The fourth-order valence-electron chi connectivity index (χ4n) is 6.06. The van der Waals surface area contributed by atoms with Gasteiger partial charge in [-0.15, -0.1) is 0 Å². The molecule has 10 N–H and O–H groups in total. The number of hydrogen-bond acceptors (Lipinski definition) is 19. The van der Waals surface area contributed by atoms with E-state index in [9.17, 15) is 62.7 Å². The average molecular weight is 990 g/mol. The van der Waals surface area contributed by atoms with Crippen LogP contribution in [0, 0.1) is 5.41 Å². The number of carbonyl (C=O) groups excluding carboxylic acids is 4. The van der Waals surface area contributed by atoms with E-state index in [0.29, 0.717) is 12.2 Å². The highest BCUT2D eigenvalue weighted by Gasteiger charge is 2.50. The minimum atomic E-state index is -5.58. The topological polar surface area (TPSA) is 381 Å². The number of anilines is 1. The van der Waals surface area contributed by atoms with Crippen LogP contribution >= 0.6 is 35.2 Å². The zero-order chi connectivity index (χ0) is 47.6. The molecule has 2 aromatic rings. The van der Waals surface area contributed by atoms with Crippen LogP contribution in [-0.4, -0.2) is 129 Å². The van der Waals surface area contributed by atoms with Crippen molar-refractivity contribution in [3.63, 3.8) is 0 Å². The van der Waals surface area contributed by atoms with E-state index < -0.39 is 84.6 Å². The number of nitrogens with two attached hydrogens (primary N) is 1. The van der Waals surface area contributed by atoms with Crippen LogP contribution in [0.1, 0.15) is 90.7 Å². The molecule has 1 aliphatic heterocycles. The van der Waals surface area contributed by atoms with Crippen molar-refractivity contribution < 1.29 is 85.3 Å². The number of fused-ring (bicyclic) bond motifs is 1. The molecule has 2 unspecified atom stereocenters. The van der Waals surface area contributed by atoms with E-state index in [-0.39, 0.29) is 41.6 Å². The molecule has 3 heterocycles. The van der Waals surface area contributed by atoms with Gasteiger partial charge in [-0.25, -0.2) is 28.6 Å². The molecule has 1 saturated heterocycles. The summed E-state index contributed by atoms with van der Waals surface area (Å²) in [5, 5.41) is 26.3. The van der Waals surface area contributed by atoms with Gasteiger partial charge in [0.05, 0.1) is 19.5 Å². The molecule has 362 valence electrons. The number of hydrogen-bond donors (Lipinski definition) is 9. The Hall–Kier alpha value is -3.03. The number of aliphatic hydroxyl groups is 2. The highest BCUT2D eigenvalue weighted by molar-refractivity contribution is 8.14. The number of phosphoric acid groups is 3. The largest absolute Gasteiger partial charge is 0.481 e. The quantitative estimate of drug-likeness (QED) is 0.0226. The molecule has 25 nitrogen and oxygen atoms in total. The number of unbranched alkanes of at least 4 members (excludes halogenated alkanes) is 9. The molecule has 0 aromatic carbocycles. The summed E-state index contributed by atoms with van der Waals surface area (Å²) in [6.07, 6.45) is 7.48.